The second-order valence-corrected chi connectivity index (χ2v) is 3.70. The van der Waals surface area contributed by atoms with Gasteiger partial charge >= 0.3 is 5.97 Å². The molecule has 1 aromatic rings. The normalized spacial score (nSPS) is 10.2. The molecule has 0 unspecified atom stereocenters. The quantitative estimate of drug-likeness (QED) is 0.927. The van der Waals surface area contributed by atoms with Crippen molar-refractivity contribution in [3.8, 4) is 6.07 Å². The Bertz CT molecular complexity index is 471. The summed E-state index contributed by atoms with van der Waals surface area (Å²) >= 11 is 2.96. The van der Waals surface area contributed by atoms with Crippen LogP contribution in [-0.4, -0.2) is 16.1 Å². The summed E-state index contributed by atoms with van der Waals surface area (Å²) in [6.07, 6.45) is -3.47. The highest BCUT2D eigenvalue weighted by Crippen LogP contribution is 2.26. The van der Waals surface area contributed by atoms with Crippen LogP contribution in [0.25, 0.3) is 0 Å². The minimum Gasteiger partial charge on any atom is -0.481 e. The van der Waals surface area contributed by atoms with Crippen molar-refractivity contribution in [3.05, 3.63) is 27.5 Å². The highest BCUT2D eigenvalue weighted by Gasteiger charge is 2.19. The molecule has 1 heterocycles. The molecule has 16 heavy (non-hydrogen) atoms. The number of rotatable bonds is 3. The molecule has 0 aliphatic rings. The monoisotopic (exact) mass is 290 g/mol. The van der Waals surface area contributed by atoms with E-state index in [1.165, 1.54) is 6.07 Å². The number of nitrogens with zero attached hydrogens (tertiary/aromatic N) is 2. The summed E-state index contributed by atoms with van der Waals surface area (Å²) in [6.45, 7) is 0. The van der Waals surface area contributed by atoms with Crippen LogP contribution >= 0.6 is 15.9 Å². The van der Waals surface area contributed by atoms with Crippen LogP contribution in [-0.2, 0) is 11.2 Å². The average Bonchev–Trinajstić information content (AvgIpc) is 2.16. The van der Waals surface area contributed by atoms with Crippen LogP contribution in [0.4, 0.5) is 8.78 Å². The number of aromatic nitrogens is 1. The molecule has 0 radical (unpaired) electrons. The molecule has 4 nitrogen and oxygen atoms in total. The van der Waals surface area contributed by atoms with Gasteiger partial charge in [-0.25, -0.2) is 13.8 Å². The van der Waals surface area contributed by atoms with E-state index in [0.717, 1.165) is 0 Å². The lowest BCUT2D eigenvalue weighted by atomic mass is 10.1. The largest absolute Gasteiger partial charge is 0.481 e. The molecule has 0 bridgehead atoms. The molecule has 0 saturated heterocycles. The first-order chi connectivity index (χ1) is 7.45. The first kappa shape index (κ1) is 12.5. The van der Waals surface area contributed by atoms with Gasteiger partial charge in [-0.2, -0.15) is 5.26 Å². The van der Waals surface area contributed by atoms with E-state index in [-0.39, 0.29) is 15.7 Å². The fourth-order valence-electron chi connectivity index (χ4n) is 1.11. The van der Waals surface area contributed by atoms with Gasteiger partial charge in [0.15, 0.2) is 5.69 Å². The molecule has 1 aromatic heterocycles. The van der Waals surface area contributed by atoms with Crippen molar-refractivity contribution in [2.75, 3.05) is 0 Å². The Morgan fingerprint density at radius 2 is 2.31 bits per heavy atom. The fourth-order valence-corrected chi connectivity index (χ4v) is 1.57. The molecular weight excluding hydrogens is 286 g/mol. The lowest BCUT2D eigenvalue weighted by Crippen LogP contribution is -2.07. The van der Waals surface area contributed by atoms with Crippen molar-refractivity contribution in [1.29, 1.82) is 5.26 Å². The summed E-state index contributed by atoms with van der Waals surface area (Å²) in [5.41, 5.74) is -0.958. The Morgan fingerprint density at radius 1 is 1.69 bits per heavy atom. The predicted molar refractivity (Wildman–Crippen MR) is 52.9 cm³/mol. The van der Waals surface area contributed by atoms with Gasteiger partial charge in [-0.1, -0.05) is 0 Å². The van der Waals surface area contributed by atoms with Crippen LogP contribution in [0.3, 0.4) is 0 Å². The van der Waals surface area contributed by atoms with Crippen molar-refractivity contribution in [1.82, 2.24) is 4.98 Å². The van der Waals surface area contributed by atoms with Gasteiger partial charge in [0.25, 0.3) is 6.43 Å². The van der Waals surface area contributed by atoms with E-state index < -0.39 is 24.5 Å². The Balaban J connectivity index is 3.31. The molecule has 84 valence electrons. The van der Waals surface area contributed by atoms with Crippen LogP contribution in [0.15, 0.2) is 10.5 Å². The van der Waals surface area contributed by atoms with Gasteiger partial charge in [0.1, 0.15) is 11.8 Å². The zero-order valence-electron chi connectivity index (χ0n) is 7.75. The number of alkyl halides is 2. The van der Waals surface area contributed by atoms with E-state index in [2.05, 4.69) is 20.9 Å². The molecule has 0 aromatic carbocycles. The second-order valence-electron chi connectivity index (χ2n) is 2.85. The highest BCUT2D eigenvalue weighted by atomic mass is 79.9. The first-order valence-electron chi connectivity index (χ1n) is 4.05. The molecule has 0 saturated carbocycles. The summed E-state index contributed by atoms with van der Waals surface area (Å²) in [7, 11) is 0. The minimum atomic E-state index is -2.91. The maximum absolute atomic E-state index is 12.5. The number of halogens is 3. The SMILES string of the molecule is N#Cc1nc(C(F)F)c(CC(=O)O)cc1Br. The Hall–Kier alpha value is -1.55. The van der Waals surface area contributed by atoms with Gasteiger partial charge in [0.05, 0.1) is 10.9 Å². The third-order valence-corrected chi connectivity index (χ3v) is 2.35. The summed E-state index contributed by atoms with van der Waals surface area (Å²) < 4.78 is 25.3. The van der Waals surface area contributed by atoms with Crippen LogP contribution < -0.4 is 0 Å². The predicted octanol–water partition coefficient (Wildman–Crippen LogP) is 2.28. The Labute approximate surface area is 97.7 Å². The molecule has 0 fully saturated rings. The number of carboxylic acids is 1. The van der Waals surface area contributed by atoms with Crippen molar-refractivity contribution in [2.24, 2.45) is 0 Å². The van der Waals surface area contributed by atoms with Crippen LogP contribution in [0.5, 0.6) is 0 Å². The maximum atomic E-state index is 12.5. The molecular formula is C9H5BrF2N2O2. The lowest BCUT2D eigenvalue weighted by Gasteiger charge is -2.07. The van der Waals surface area contributed by atoms with Crippen molar-refractivity contribution >= 4 is 21.9 Å². The topological polar surface area (TPSA) is 74.0 Å². The van der Waals surface area contributed by atoms with Gasteiger partial charge in [-0.15, -0.1) is 0 Å². The van der Waals surface area contributed by atoms with E-state index >= 15 is 0 Å². The van der Waals surface area contributed by atoms with Gasteiger partial charge in [-0.3, -0.25) is 4.79 Å². The first-order valence-corrected chi connectivity index (χ1v) is 4.84. The number of carbonyl (C=O) groups is 1. The van der Waals surface area contributed by atoms with Gasteiger partial charge < -0.3 is 5.11 Å². The molecule has 1 rings (SSSR count). The van der Waals surface area contributed by atoms with E-state index in [1.54, 1.807) is 6.07 Å². The summed E-state index contributed by atoms with van der Waals surface area (Å²) in [5, 5.41) is 17.1. The van der Waals surface area contributed by atoms with Gasteiger partial charge in [-0.05, 0) is 27.6 Å². The standard InChI is InChI=1S/C9H5BrF2N2O2/c10-5-1-4(2-7(15)16)8(9(11)12)14-6(5)3-13/h1,9H,2H2,(H,15,16). The fraction of sp³-hybridized carbons (Fsp3) is 0.222. The number of hydrogen-bond acceptors (Lipinski definition) is 3. The summed E-state index contributed by atoms with van der Waals surface area (Å²) in [4.78, 5) is 13.9. The van der Waals surface area contributed by atoms with E-state index in [1.807, 2.05) is 0 Å². The number of hydrogen-bond donors (Lipinski definition) is 1. The Morgan fingerprint density at radius 3 is 2.75 bits per heavy atom. The molecule has 0 aliphatic carbocycles. The molecule has 0 atom stereocenters. The molecule has 7 heteroatoms. The molecule has 0 aliphatic heterocycles. The van der Waals surface area contributed by atoms with Crippen LogP contribution in [0.1, 0.15) is 23.4 Å². The van der Waals surface area contributed by atoms with Crippen molar-refractivity contribution < 1.29 is 18.7 Å². The van der Waals surface area contributed by atoms with Gasteiger partial charge in [0.2, 0.25) is 0 Å². The lowest BCUT2D eigenvalue weighted by molar-refractivity contribution is -0.136. The van der Waals surface area contributed by atoms with E-state index in [0.29, 0.717) is 0 Å². The Kier molecular flexibility index (Phi) is 3.90. The zero-order chi connectivity index (χ0) is 12.3. The summed E-state index contributed by atoms with van der Waals surface area (Å²) in [5.74, 6) is -1.24. The average molecular weight is 291 g/mol. The number of carboxylic acid groups (broad SMARTS) is 1. The minimum absolute atomic E-state index is 0.103. The number of pyridine rings is 1. The number of nitriles is 1. The third-order valence-electron chi connectivity index (χ3n) is 1.74. The van der Waals surface area contributed by atoms with Crippen molar-refractivity contribution in [3.63, 3.8) is 0 Å². The van der Waals surface area contributed by atoms with Crippen molar-refractivity contribution in [2.45, 2.75) is 12.8 Å². The molecule has 0 spiro atoms. The maximum Gasteiger partial charge on any atom is 0.307 e. The van der Waals surface area contributed by atoms with Gasteiger partial charge in [0, 0.05) is 0 Å². The number of aliphatic carboxylic acids is 1. The third kappa shape index (κ3) is 2.73. The smallest absolute Gasteiger partial charge is 0.307 e. The summed E-state index contributed by atoms with van der Waals surface area (Å²) in [6, 6.07) is 2.81. The molecule has 0 amide bonds. The molecule has 1 N–H and O–H groups in total. The van der Waals surface area contributed by atoms with Crippen LogP contribution in [0.2, 0.25) is 0 Å². The second kappa shape index (κ2) is 4.99. The van der Waals surface area contributed by atoms with E-state index in [4.69, 9.17) is 10.4 Å². The highest BCUT2D eigenvalue weighted by molar-refractivity contribution is 9.10. The van der Waals surface area contributed by atoms with E-state index in [9.17, 15) is 13.6 Å². The zero-order valence-corrected chi connectivity index (χ0v) is 9.33. The van der Waals surface area contributed by atoms with Crippen LogP contribution in [0, 0.1) is 11.3 Å².